The second kappa shape index (κ2) is 7.49. The summed E-state index contributed by atoms with van der Waals surface area (Å²) in [6, 6.07) is 10.1. The molecule has 1 atom stereocenters. The molecule has 0 radical (unpaired) electrons. The van der Waals surface area contributed by atoms with Gasteiger partial charge in [0.15, 0.2) is 0 Å². The van der Waals surface area contributed by atoms with E-state index in [2.05, 4.69) is 15.6 Å². The van der Waals surface area contributed by atoms with Crippen molar-refractivity contribution in [3.63, 3.8) is 0 Å². The number of ether oxygens (including phenoxy) is 1. The van der Waals surface area contributed by atoms with Gasteiger partial charge in [0.1, 0.15) is 0 Å². The number of nitrogens with zero attached hydrogens (tertiary/aromatic N) is 1. The van der Waals surface area contributed by atoms with Crippen LogP contribution in [0.4, 0.5) is 0 Å². The van der Waals surface area contributed by atoms with Gasteiger partial charge in [0.25, 0.3) is 0 Å². The van der Waals surface area contributed by atoms with Crippen LogP contribution in [0.1, 0.15) is 11.3 Å². The van der Waals surface area contributed by atoms with Crippen LogP contribution >= 0.6 is 11.3 Å². The number of amides is 1. The van der Waals surface area contributed by atoms with Crippen LogP contribution < -0.4 is 10.6 Å². The van der Waals surface area contributed by atoms with Gasteiger partial charge in [-0.3, -0.25) is 4.79 Å². The molecule has 5 nitrogen and oxygen atoms in total. The van der Waals surface area contributed by atoms with Crippen LogP contribution in [0, 0.1) is 0 Å². The molecule has 22 heavy (non-hydrogen) atoms. The molecule has 2 heterocycles. The summed E-state index contributed by atoms with van der Waals surface area (Å²) in [7, 11) is 0. The van der Waals surface area contributed by atoms with E-state index in [1.807, 2.05) is 35.8 Å². The first kappa shape index (κ1) is 15.1. The summed E-state index contributed by atoms with van der Waals surface area (Å²) in [5.74, 6) is 0.0374. The van der Waals surface area contributed by atoms with Gasteiger partial charge >= 0.3 is 0 Å². The zero-order valence-electron chi connectivity index (χ0n) is 12.2. The Labute approximate surface area is 133 Å². The predicted molar refractivity (Wildman–Crippen MR) is 86.6 cm³/mol. The first-order chi connectivity index (χ1) is 10.8. The number of rotatable bonds is 5. The van der Waals surface area contributed by atoms with Crippen LogP contribution in [0.3, 0.4) is 0 Å². The maximum Gasteiger partial charge on any atom is 0.221 e. The highest BCUT2D eigenvalue weighted by Gasteiger charge is 2.17. The van der Waals surface area contributed by atoms with Crippen LogP contribution in [0.2, 0.25) is 0 Å². The zero-order chi connectivity index (χ0) is 15.2. The van der Waals surface area contributed by atoms with Gasteiger partial charge in [0.2, 0.25) is 5.91 Å². The molecule has 0 aliphatic carbocycles. The topological polar surface area (TPSA) is 63.2 Å². The van der Waals surface area contributed by atoms with Gasteiger partial charge in [-0.05, 0) is 0 Å². The van der Waals surface area contributed by atoms with Crippen LogP contribution in [0.25, 0.3) is 11.3 Å². The molecule has 1 aliphatic rings. The Kier molecular flexibility index (Phi) is 5.15. The molecule has 2 N–H and O–H groups in total. The summed E-state index contributed by atoms with van der Waals surface area (Å²) >= 11 is 1.57. The van der Waals surface area contributed by atoms with Crippen molar-refractivity contribution in [3.8, 4) is 11.3 Å². The molecule has 6 heteroatoms. The zero-order valence-corrected chi connectivity index (χ0v) is 13.1. The van der Waals surface area contributed by atoms with Crippen molar-refractivity contribution in [3.05, 3.63) is 40.7 Å². The van der Waals surface area contributed by atoms with Crippen molar-refractivity contribution in [1.29, 1.82) is 0 Å². The first-order valence-electron chi connectivity index (χ1n) is 7.38. The lowest BCUT2D eigenvalue weighted by molar-refractivity contribution is -0.122. The number of aromatic nitrogens is 1. The second-order valence-corrected chi connectivity index (χ2v) is 6.14. The molecule has 0 saturated carbocycles. The van der Waals surface area contributed by atoms with Crippen LogP contribution in [-0.4, -0.2) is 36.7 Å². The fraction of sp³-hybridized carbons (Fsp3) is 0.375. The van der Waals surface area contributed by atoms with Gasteiger partial charge in [-0.1, -0.05) is 30.3 Å². The summed E-state index contributed by atoms with van der Waals surface area (Å²) in [5, 5.41) is 6.26. The summed E-state index contributed by atoms with van der Waals surface area (Å²) in [5.41, 5.74) is 3.85. The van der Waals surface area contributed by atoms with Gasteiger partial charge in [-0.25, -0.2) is 4.98 Å². The lowest BCUT2D eigenvalue weighted by Gasteiger charge is -2.23. The molecular weight excluding hydrogens is 298 g/mol. The lowest BCUT2D eigenvalue weighted by Crippen LogP contribution is -2.44. The van der Waals surface area contributed by atoms with E-state index >= 15 is 0 Å². The summed E-state index contributed by atoms with van der Waals surface area (Å²) in [4.78, 5) is 17.5. The molecule has 3 rings (SSSR count). The average Bonchev–Trinajstić information content (AvgIpc) is 3.03. The van der Waals surface area contributed by atoms with Gasteiger partial charge in [-0.15, -0.1) is 11.3 Å². The van der Waals surface area contributed by atoms with Crippen LogP contribution in [-0.2, 0) is 16.1 Å². The minimum Gasteiger partial charge on any atom is -0.378 e. The maximum absolute atomic E-state index is 12.0. The van der Waals surface area contributed by atoms with E-state index < -0.39 is 0 Å². The fourth-order valence-electron chi connectivity index (χ4n) is 2.45. The first-order valence-corrected chi connectivity index (χ1v) is 8.26. The van der Waals surface area contributed by atoms with Gasteiger partial charge in [-0.2, -0.15) is 0 Å². The quantitative estimate of drug-likeness (QED) is 0.883. The molecule has 1 saturated heterocycles. The van der Waals surface area contributed by atoms with Gasteiger partial charge in [0, 0.05) is 24.6 Å². The Morgan fingerprint density at radius 3 is 3.05 bits per heavy atom. The van der Waals surface area contributed by atoms with Crippen LogP contribution in [0.15, 0.2) is 35.8 Å². The molecule has 1 unspecified atom stereocenters. The molecule has 0 spiro atoms. The highest BCUT2D eigenvalue weighted by atomic mass is 32.1. The average molecular weight is 317 g/mol. The Morgan fingerprint density at radius 1 is 1.41 bits per heavy atom. The largest absolute Gasteiger partial charge is 0.378 e. The number of hydrogen-bond donors (Lipinski definition) is 2. The monoisotopic (exact) mass is 317 g/mol. The standard InChI is InChI=1S/C16H19N3O2S/c20-15(8-13-10-21-7-6-17-13)18-9-14-16(19-11-22-14)12-4-2-1-3-5-12/h1-5,11,13,17H,6-10H2,(H,18,20). The molecule has 116 valence electrons. The van der Waals surface area contributed by atoms with E-state index in [0.29, 0.717) is 19.6 Å². The Bertz CT molecular complexity index is 609. The van der Waals surface area contributed by atoms with Crippen molar-refractivity contribution in [2.75, 3.05) is 19.8 Å². The number of thiazole rings is 1. The van der Waals surface area contributed by atoms with E-state index in [1.165, 1.54) is 0 Å². The molecule has 1 aromatic carbocycles. The van der Waals surface area contributed by atoms with E-state index in [1.54, 1.807) is 11.3 Å². The summed E-state index contributed by atoms with van der Waals surface area (Å²) < 4.78 is 5.36. The number of morpholine rings is 1. The molecule has 1 aliphatic heterocycles. The van der Waals surface area contributed by atoms with E-state index in [0.717, 1.165) is 29.3 Å². The lowest BCUT2D eigenvalue weighted by atomic mass is 10.1. The van der Waals surface area contributed by atoms with Crippen LogP contribution in [0.5, 0.6) is 0 Å². The molecular formula is C16H19N3O2S. The summed E-state index contributed by atoms with van der Waals surface area (Å²) in [6.45, 7) is 2.65. The van der Waals surface area contributed by atoms with E-state index in [4.69, 9.17) is 4.74 Å². The van der Waals surface area contributed by atoms with Crippen molar-refractivity contribution < 1.29 is 9.53 Å². The van der Waals surface area contributed by atoms with Gasteiger partial charge in [0.05, 0.1) is 35.8 Å². The highest BCUT2D eigenvalue weighted by Crippen LogP contribution is 2.24. The molecule has 0 bridgehead atoms. The molecule has 1 amide bonds. The number of benzene rings is 1. The molecule has 1 aromatic heterocycles. The third-order valence-corrected chi connectivity index (χ3v) is 4.40. The number of carbonyl (C=O) groups excluding carboxylic acids is 1. The van der Waals surface area contributed by atoms with Crippen molar-refractivity contribution >= 4 is 17.2 Å². The Balaban J connectivity index is 1.55. The van der Waals surface area contributed by atoms with Gasteiger partial charge < -0.3 is 15.4 Å². The minimum atomic E-state index is 0.0374. The Morgan fingerprint density at radius 2 is 2.27 bits per heavy atom. The fourth-order valence-corrected chi connectivity index (χ4v) is 3.18. The smallest absolute Gasteiger partial charge is 0.221 e. The van der Waals surface area contributed by atoms with Crippen molar-refractivity contribution in [2.24, 2.45) is 0 Å². The number of hydrogen-bond acceptors (Lipinski definition) is 5. The van der Waals surface area contributed by atoms with Crippen molar-refractivity contribution in [1.82, 2.24) is 15.6 Å². The molecule has 1 fully saturated rings. The Hall–Kier alpha value is -1.76. The predicted octanol–water partition coefficient (Wildman–Crippen LogP) is 1.80. The highest BCUT2D eigenvalue weighted by molar-refractivity contribution is 7.10. The maximum atomic E-state index is 12.0. The number of carbonyl (C=O) groups is 1. The minimum absolute atomic E-state index is 0.0374. The SMILES string of the molecule is O=C(CC1COCCN1)NCc1scnc1-c1ccccc1. The van der Waals surface area contributed by atoms with Crippen molar-refractivity contribution in [2.45, 2.75) is 19.0 Å². The van der Waals surface area contributed by atoms with E-state index in [9.17, 15) is 4.79 Å². The number of nitrogens with one attached hydrogen (secondary N) is 2. The summed E-state index contributed by atoms with van der Waals surface area (Å²) in [6.07, 6.45) is 0.444. The third kappa shape index (κ3) is 3.91. The molecule has 2 aromatic rings. The third-order valence-electron chi connectivity index (χ3n) is 3.56. The second-order valence-electron chi connectivity index (χ2n) is 5.20. The van der Waals surface area contributed by atoms with E-state index in [-0.39, 0.29) is 11.9 Å². The normalized spacial score (nSPS) is 18.1.